The Morgan fingerprint density at radius 2 is 1.67 bits per heavy atom. The molecule has 1 heterocycles. The molecule has 3 aromatic carbocycles. The van der Waals surface area contributed by atoms with E-state index >= 15 is 0 Å². The molecule has 0 amide bonds. The van der Waals surface area contributed by atoms with Gasteiger partial charge in [0.15, 0.2) is 0 Å². The Labute approximate surface area is 192 Å². The molecule has 4 rings (SSSR count). The number of sulfone groups is 1. The minimum atomic E-state index is -4.04. The molecular formula is C25H23FN2O4S. The third kappa shape index (κ3) is 5.23. The van der Waals surface area contributed by atoms with E-state index in [9.17, 15) is 12.8 Å². The van der Waals surface area contributed by atoms with Crippen molar-refractivity contribution < 1.29 is 22.0 Å². The molecule has 0 aliphatic heterocycles. The maximum Gasteiger partial charge on any atom is 0.233 e. The fraction of sp³-hybridized carbons (Fsp3) is 0.160. The SMILES string of the molecule is CCOc1ccc(-c2nc(S(=O)(=O)c3ccc(F)cc3)c(NCCc3ccccc3)o2)cc1. The smallest absolute Gasteiger partial charge is 0.233 e. The molecule has 170 valence electrons. The maximum absolute atomic E-state index is 13.3. The predicted octanol–water partition coefficient (Wildman–Crippen LogP) is 5.37. The van der Waals surface area contributed by atoms with E-state index in [4.69, 9.17) is 9.15 Å². The van der Waals surface area contributed by atoms with Gasteiger partial charge in [-0.1, -0.05) is 30.3 Å². The summed E-state index contributed by atoms with van der Waals surface area (Å²) in [5, 5.41) is 2.82. The van der Waals surface area contributed by atoms with Crippen LogP contribution in [0.25, 0.3) is 11.5 Å². The van der Waals surface area contributed by atoms with Crippen molar-refractivity contribution in [2.75, 3.05) is 18.5 Å². The van der Waals surface area contributed by atoms with Gasteiger partial charge in [-0.15, -0.1) is 0 Å². The molecule has 0 aliphatic rings. The van der Waals surface area contributed by atoms with Crippen molar-refractivity contribution in [3.05, 3.63) is 90.2 Å². The van der Waals surface area contributed by atoms with E-state index in [2.05, 4.69) is 10.3 Å². The molecule has 0 atom stereocenters. The van der Waals surface area contributed by atoms with Crippen molar-refractivity contribution in [1.82, 2.24) is 4.98 Å². The normalized spacial score (nSPS) is 11.3. The van der Waals surface area contributed by atoms with E-state index < -0.39 is 15.7 Å². The molecule has 0 spiro atoms. The van der Waals surface area contributed by atoms with Crippen LogP contribution >= 0.6 is 0 Å². The summed E-state index contributed by atoms with van der Waals surface area (Å²) in [6.07, 6.45) is 0.663. The van der Waals surface area contributed by atoms with Gasteiger partial charge in [0.05, 0.1) is 11.5 Å². The number of nitrogens with one attached hydrogen (secondary N) is 1. The summed E-state index contributed by atoms with van der Waals surface area (Å²) in [6, 6.07) is 21.4. The average Bonchev–Trinajstić information content (AvgIpc) is 3.26. The van der Waals surface area contributed by atoms with Crippen LogP contribution in [0.5, 0.6) is 5.75 Å². The van der Waals surface area contributed by atoms with Crippen LogP contribution in [0.15, 0.2) is 93.2 Å². The van der Waals surface area contributed by atoms with Crippen molar-refractivity contribution >= 4 is 15.7 Å². The van der Waals surface area contributed by atoms with Gasteiger partial charge in [0.2, 0.25) is 26.6 Å². The van der Waals surface area contributed by atoms with Gasteiger partial charge >= 0.3 is 0 Å². The van der Waals surface area contributed by atoms with Gasteiger partial charge in [0, 0.05) is 12.1 Å². The first-order chi connectivity index (χ1) is 16.0. The zero-order valence-electron chi connectivity index (χ0n) is 18.0. The number of nitrogens with zero attached hydrogens (tertiary/aromatic N) is 1. The molecule has 8 heteroatoms. The first kappa shape index (κ1) is 22.5. The van der Waals surface area contributed by atoms with Crippen LogP contribution in [-0.4, -0.2) is 26.6 Å². The third-order valence-electron chi connectivity index (χ3n) is 4.93. The molecule has 33 heavy (non-hydrogen) atoms. The van der Waals surface area contributed by atoms with Crippen molar-refractivity contribution in [2.24, 2.45) is 0 Å². The van der Waals surface area contributed by atoms with Gasteiger partial charge in [-0.25, -0.2) is 12.8 Å². The van der Waals surface area contributed by atoms with Crippen LogP contribution in [0, 0.1) is 5.82 Å². The van der Waals surface area contributed by atoms with Crippen LogP contribution in [0.1, 0.15) is 12.5 Å². The second-order valence-electron chi connectivity index (χ2n) is 7.23. The number of hydrogen-bond acceptors (Lipinski definition) is 6. The van der Waals surface area contributed by atoms with Gasteiger partial charge < -0.3 is 14.5 Å². The quantitative estimate of drug-likeness (QED) is 0.334. The molecule has 6 nitrogen and oxygen atoms in total. The van der Waals surface area contributed by atoms with Gasteiger partial charge in [-0.3, -0.25) is 0 Å². The minimum Gasteiger partial charge on any atom is -0.494 e. The Hall–Kier alpha value is -3.65. The van der Waals surface area contributed by atoms with Gasteiger partial charge in [0.1, 0.15) is 11.6 Å². The molecule has 0 saturated carbocycles. The highest BCUT2D eigenvalue weighted by Gasteiger charge is 2.28. The molecule has 0 bridgehead atoms. The summed E-state index contributed by atoms with van der Waals surface area (Å²) in [5.41, 5.74) is 1.70. The number of anilines is 1. The first-order valence-electron chi connectivity index (χ1n) is 10.5. The van der Waals surface area contributed by atoms with Crippen LogP contribution in [0.4, 0.5) is 10.3 Å². The Morgan fingerprint density at radius 1 is 0.970 bits per heavy atom. The highest BCUT2D eigenvalue weighted by molar-refractivity contribution is 7.91. The molecule has 0 radical (unpaired) electrons. The number of rotatable bonds is 9. The second-order valence-corrected chi connectivity index (χ2v) is 9.10. The fourth-order valence-corrected chi connectivity index (χ4v) is 4.55. The number of oxazole rings is 1. The zero-order valence-corrected chi connectivity index (χ0v) is 18.8. The van der Waals surface area contributed by atoms with E-state index in [0.29, 0.717) is 30.9 Å². The van der Waals surface area contributed by atoms with Crippen LogP contribution in [0.3, 0.4) is 0 Å². The number of aromatic nitrogens is 1. The standard InChI is InChI=1S/C25H23FN2O4S/c1-2-31-21-12-8-19(9-13-21)23-28-25(33(29,30)22-14-10-20(26)11-15-22)24(32-23)27-17-16-18-6-4-3-5-7-18/h3-15,27H,2,16-17H2,1H3. The lowest BCUT2D eigenvalue weighted by Gasteiger charge is -2.06. The topological polar surface area (TPSA) is 81.4 Å². The lowest BCUT2D eigenvalue weighted by Crippen LogP contribution is -2.09. The molecule has 0 unspecified atom stereocenters. The molecule has 0 saturated heterocycles. The Bertz CT molecular complexity index is 1300. The third-order valence-corrected chi connectivity index (χ3v) is 6.61. The van der Waals surface area contributed by atoms with Crippen molar-refractivity contribution in [2.45, 2.75) is 23.3 Å². The van der Waals surface area contributed by atoms with E-state index in [-0.39, 0.29) is 21.7 Å². The summed E-state index contributed by atoms with van der Waals surface area (Å²) in [7, 11) is -4.04. The number of ether oxygens (including phenoxy) is 1. The van der Waals surface area contributed by atoms with Crippen molar-refractivity contribution in [3.8, 4) is 17.2 Å². The Kier molecular flexibility index (Phi) is 6.74. The van der Waals surface area contributed by atoms with Crippen molar-refractivity contribution in [1.29, 1.82) is 0 Å². The van der Waals surface area contributed by atoms with E-state index in [0.717, 1.165) is 17.7 Å². The summed E-state index contributed by atoms with van der Waals surface area (Å²) in [6.45, 7) is 2.86. The molecular weight excluding hydrogens is 443 g/mol. The fourth-order valence-electron chi connectivity index (χ4n) is 3.27. The first-order valence-corrected chi connectivity index (χ1v) is 12.0. The van der Waals surface area contributed by atoms with Gasteiger partial charge in [0.25, 0.3) is 0 Å². The molecule has 1 aromatic heterocycles. The van der Waals surface area contributed by atoms with Crippen LogP contribution in [-0.2, 0) is 16.3 Å². The van der Waals surface area contributed by atoms with Crippen LogP contribution in [0.2, 0.25) is 0 Å². The molecule has 0 aliphatic carbocycles. The maximum atomic E-state index is 13.3. The van der Waals surface area contributed by atoms with E-state index in [1.54, 1.807) is 24.3 Å². The Balaban J connectivity index is 1.67. The zero-order chi connectivity index (χ0) is 23.3. The summed E-state index contributed by atoms with van der Waals surface area (Å²) < 4.78 is 51.2. The highest BCUT2D eigenvalue weighted by atomic mass is 32.2. The predicted molar refractivity (Wildman–Crippen MR) is 124 cm³/mol. The summed E-state index contributed by atoms with van der Waals surface area (Å²) >= 11 is 0. The van der Waals surface area contributed by atoms with E-state index in [1.807, 2.05) is 37.3 Å². The Morgan fingerprint density at radius 3 is 2.33 bits per heavy atom. The highest BCUT2D eigenvalue weighted by Crippen LogP contribution is 2.33. The van der Waals surface area contributed by atoms with Gasteiger partial charge in [-0.05, 0) is 67.4 Å². The molecule has 4 aromatic rings. The lowest BCUT2D eigenvalue weighted by atomic mass is 10.1. The van der Waals surface area contributed by atoms with E-state index in [1.165, 1.54) is 12.1 Å². The van der Waals surface area contributed by atoms with Crippen molar-refractivity contribution in [3.63, 3.8) is 0 Å². The largest absolute Gasteiger partial charge is 0.494 e. The summed E-state index contributed by atoms with van der Waals surface area (Å²) in [5.74, 6) is 0.360. The van der Waals surface area contributed by atoms with Gasteiger partial charge in [-0.2, -0.15) is 4.98 Å². The molecule has 0 fully saturated rings. The summed E-state index contributed by atoms with van der Waals surface area (Å²) in [4.78, 5) is 4.23. The molecule has 1 N–H and O–H groups in total. The second kappa shape index (κ2) is 9.87. The monoisotopic (exact) mass is 466 g/mol. The van der Waals surface area contributed by atoms with Crippen LogP contribution < -0.4 is 10.1 Å². The average molecular weight is 467 g/mol. The minimum absolute atomic E-state index is 0.0409. The number of benzene rings is 3. The number of hydrogen-bond donors (Lipinski definition) is 1. The number of halogens is 1. The lowest BCUT2D eigenvalue weighted by molar-refractivity contribution is 0.340.